The number of nitrogens with zero attached hydrogens (tertiary/aromatic N) is 2. The van der Waals surface area contributed by atoms with Crippen LogP contribution in [0.1, 0.15) is 10.4 Å². The van der Waals surface area contributed by atoms with Crippen LogP contribution < -0.4 is 4.72 Å². The van der Waals surface area contributed by atoms with Gasteiger partial charge in [-0.3, -0.25) is 14.8 Å². The van der Waals surface area contributed by atoms with E-state index in [4.69, 9.17) is 5.11 Å². The fraction of sp³-hybridized carbons (Fsp3) is 0. The maximum atomic E-state index is 12.0. The van der Waals surface area contributed by atoms with Crippen molar-refractivity contribution in [2.45, 2.75) is 5.03 Å². The van der Waals surface area contributed by atoms with Gasteiger partial charge in [-0.15, -0.1) is 0 Å². The zero-order chi connectivity index (χ0) is 15.6. The summed E-state index contributed by atoms with van der Waals surface area (Å²) < 4.78 is 25.9. The fourth-order valence-electron chi connectivity index (χ4n) is 1.51. The maximum absolute atomic E-state index is 12.0. The predicted molar refractivity (Wildman–Crippen MR) is 69.5 cm³/mol. The number of imidazole rings is 1. The van der Waals surface area contributed by atoms with Crippen LogP contribution in [0.5, 0.6) is 0 Å². The molecule has 0 saturated heterocycles. The number of nitro groups is 1. The number of aromatic carboxylic acids is 1. The van der Waals surface area contributed by atoms with E-state index in [2.05, 4.69) is 9.97 Å². The summed E-state index contributed by atoms with van der Waals surface area (Å²) in [5, 5.41) is 19.4. The minimum absolute atomic E-state index is 0.301. The number of aromatic amines is 1. The van der Waals surface area contributed by atoms with Gasteiger partial charge in [0.05, 0.1) is 28.7 Å². The second-order valence-electron chi connectivity index (χ2n) is 3.81. The number of hydrogen-bond donors (Lipinski definition) is 3. The summed E-state index contributed by atoms with van der Waals surface area (Å²) in [4.78, 5) is 26.9. The molecule has 1 aromatic heterocycles. The summed E-state index contributed by atoms with van der Waals surface area (Å²) in [6.45, 7) is 0. The largest absolute Gasteiger partial charge is 0.478 e. The highest BCUT2D eigenvalue weighted by molar-refractivity contribution is 7.92. The van der Waals surface area contributed by atoms with E-state index in [0.717, 1.165) is 30.7 Å². The first-order valence-electron chi connectivity index (χ1n) is 5.34. The van der Waals surface area contributed by atoms with Gasteiger partial charge >= 0.3 is 5.97 Å². The van der Waals surface area contributed by atoms with E-state index in [9.17, 15) is 23.3 Å². The van der Waals surface area contributed by atoms with Crippen LogP contribution in [0.15, 0.2) is 35.7 Å². The van der Waals surface area contributed by atoms with Crippen LogP contribution in [0.4, 0.5) is 11.4 Å². The number of carboxylic acids is 1. The van der Waals surface area contributed by atoms with Crippen LogP contribution in [0.25, 0.3) is 0 Å². The predicted octanol–water partition coefficient (Wildman–Crippen LogP) is 0.817. The van der Waals surface area contributed by atoms with Crippen molar-refractivity contribution >= 4 is 27.4 Å². The van der Waals surface area contributed by atoms with Gasteiger partial charge < -0.3 is 10.1 Å². The number of sulfonamides is 1. The van der Waals surface area contributed by atoms with E-state index in [1.54, 1.807) is 0 Å². The molecule has 10 nitrogen and oxygen atoms in total. The molecule has 0 fully saturated rings. The van der Waals surface area contributed by atoms with Crippen LogP contribution in [0.2, 0.25) is 0 Å². The number of H-pyrrole nitrogens is 1. The van der Waals surface area contributed by atoms with Gasteiger partial charge in [-0.05, 0) is 6.07 Å². The summed E-state index contributed by atoms with van der Waals surface area (Å²) in [6, 6.07) is 2.75. The Balaban J connectivity index is 2.49. The second-order valence-corrected chi connectivity index (χ2v) is 5.46. The SMILES string of the molecule is O=C(O)c1ccc([N+](=O)[O-])cc1NS(=O)(=O)c1cnc[nH]1. The van der Waals surface area contributed by atoms with Gasteiger partial charge in [0.15, 0.2) is 5.03 Å². The molecule has 0 bridgehead atoms. The van der Waals surface area contributed by atoms with Crippen molar-refractivity contribution in [3.63, 3.8) is 0 Å². The normalized spacial score (nSPS) is 11.0. The third-order valence-electron chi connectivity index (χ3n) is 2.45. The van der Waals surface area contributed by atoms with Gasteiger partial charge in [0.2, 0.25) is 0 Å². The Morgan fingerprint density at radius 1 is 1.43 bits per heavy atom. The third kappa shape index (κ3) is 2.97. The summed E-state index contributed by atoms with van der Waals surface area (Å²) in [5.74, 6) is -1.42. The van der Waals surface area contributed by atoms with Crippen molar-refractivity contribution in [3.8, 4) is 0 Å². The van der Waals surface area contributed by atoms with E-state index in [1.807, 2.05) is 4.72 Å². The van der Waals surface area contributed by atoms with Gasteiger partial charge in [0.1, 0.15) is 0 Å². The molecule has 3 N–H and O–H groups in total. The molecule has 1 aromatic carbocycles. The molecule has 2 rings (SSSR count). The molecule has 0 spiro atoms. The Hall–Kier alpha value is -2.95. The first-order chi connectivity index (χ1) is 9.81. The minimum Gasteiger partial charge on any atom is -0.478 e. The van der Waals surface area contributed by atoms with Gasteiger partial charge in [-0.1, -0.05) is 0 Å². The van der Waals surface area contributed by atoms with E-state index in [1.165, 1.54) is 0 Å². The van der Waals surface area contributed by atoms with Crippen molar-refractivity contribution in [1.82, 2.24) is 9.97 Å². The molecule has 11 heteroatoms. The standard InChI is InChI=1S/C10H8N4O6S/c15-10(16)7-2-1-6(14(17)18)3-8(7)13-21(19,20)9-4-11-5-12-9/h1-5,13H,(H,11,12)(H,15,16). The van der Waals surface area contributed by atoms with Crippen LogP contribution in [0.3, 0.4) is 0 Å². The number of benzene rings is 1. The average Bonchev–Trinajstić information content (AvgIpc) is 2.92. The quantitative estimate of drug-likeness (QED) is 0.545. The van der Waals surface area contributed by atoms with Crippen LogP contribution >= 0.6 is 0 Å². The number of anilines is 1. The van der Waals surface area contributed by atoms with Crippen LogP contribution in [-0.2, 0) is 10.0 Å². The Bertz CT molecular complexity index is 799. The van der Waals surface area contributed by atoms with Crippen molar-refractivity contribution in [3.05, 3.63) is 46.4 Å². The van der Waals surface area contributed by atoms with E-state index in [-0.39, 0.29) is 5.03 Å². The maximum Gasteiger partial charge on any atom is 0.337 e. The van der Waals surface area contributed by atoms with Crippen molar-refractivity contribution in [2.24, 2.45) is 0 Å². The molecular weight excluding hydrogens is 304 g/mol. The molecule has 0 amide bonds. The summed E-state index contributed by atoms with van der Waals surface area (Å²) in [7, 11) is -4.12. The molecule has 2 aromatic rings. The molecule has 0 aliphatic heterocycles. The van der Waals surface area contributed by atoms with Gasteiger partial charge in [0.25, 0.3) is 15.7 Å². The Kier molecular flexibility index (Phi) is 3.58. The molecule has 0 aliphatic carbocycles. The van der Waals surface area contributed by atoms with Crippen molar-refractivity contribution < 1.29 is 23.2 Å². The zero-order valence-corrected chi connectivity index (χ0v) is 11.0. The summed E-state index contributed by atoms with van der Waals surface area (Å²) in [5.41, 5.74) is -1.27. The Labute approximate surface area is 117 Å². The lowest BCUT2D eigenvalue weighted by atomic mass is 10.1. The van der Waals surface area contributed by atoms with Gasteiger partial charge in [-0.25, -0.2) is 9.78 Å². The average molecular weight is 312 g/mol. The molecule has 0 atom stereocenters. The van der Waals surface area contributed by atoms with Gasteiger partial charge in [0, 0.05) is 12.1 Å². The summed E-state index contributed by atoms with van der Waals surface area (Å²) >= 11 is 0. The highest BCUT2D eigenvalue weighted by atomic mass is 32.2. The van der Waals surface area contributed by atoms with Crippen LogP contribution in [-0.4, -0.2) is 34.4 Å². The van der Waals surface area contributed by atoms with E-state index >= 15 is 0 Å². The number of aromatic nitrogens is 2. The lowest BCUT2D eigenvalue weighted by Gasteiger charge is -2.09. The number of nitrogens with one attached hydrogen (secondary N) is 2. The first-order valence-corrected chi connectivity index (χ1v) is 6.82. The number of non-ortho nitro benzene ring substituents is 1. The Morgan fingerprint density at radius 3 is 2.67 bits per heavy atom. The molecule has 1 heterocycles. The third-order valence-corrected chi connectivity index (χ3v) is 3.74. The topological polar surface area (TPSA) is 155 Å². The molecule has 110 valence electrons. The monoisotopic (exact) mass is 312 g/mol. The lowest BCUT2D eigenvalue weighted by Crippen LogP contribution is -2.16. The molecule has 21 heavy (non-hydrogen) atoms. The smallest absolute Gasteiger partial charge is 0.337 e. The van der Waals surface area contributed by atoms with Gasteiger partial charge in [-0.2, -0.15) is 8.42 Å². The molecule has 0 saturated carbocycles. The fourth-order valence-corrected chi connectivity index (χ4v) is 2.48. The molecular formula is C10H8N4O6S. The number of nitro benzene ring substituents is 1. The molecule has 0 radical (unpaired) electrons. The molecule has 0 unspecified atom stereocenters. The number of rotatable bonds is 5. The van der Waals surface area contributed by atoms with Crippen LogP contribution in [0, 0.1) is 10.1 Å². The number of hydrogen-bond acceptors (Lipinski definition) is 6. The highest BCUT2D eigenvalue weighted by Gasteiger charge is 2.22. The number of carbonyl (C=O) groups is 1. The van der Waals surface area contributed by atoms with Crippen molar-refractivity contribution in [1.29, 1.82) is 0 Å². The van der Waals surface area contributed by atoms with Crippen molar-refractivity contribution in [2.75, 3.05) is 4.72 Å². The van der Waals surface area contributed by atoms with E-state index < -0.39 is 37.9 Å². The van der Waals surface area contributed by atoms with E-state index in [0.29, 0.717) is 0 Å². The molecule has 0 aliphatic rings. The second kappa shape index (κ2) is 5.20. The Morgan fingerprint density at radius 2 is 2.14 bits per heavy atom. The summed E-state index contributed by atoms with van der Waals surface area (Å²) in [6.07, 6.45) is 2.14. The first kappa shape index (κ1) is 14.5. The number of carboxylic acid groups (broad SMARTS) is 1. The lowest BCUT2D eigenvalue weighted by molar-refractivity contribution is -0.384. The highest BCUT2D eigenvalue weighted by Crippen LogP contribution is 2.24. The minimum atomic E-state index is -4.12. The zero-order valence-electron chi connectivity index (χ0n) is 10.2.